The Morgan fingerprint density at radius 3 is 2.59 bits per heavy atom. The van der Waals surface area contributed by atoms with Crippen molar-refractivity contribution in [3.8, 4) is 0 Å². The number of hydrogen-bond acceptors (Lipinski definition) is 6. The molecule has 6 heteroatoms. The zero-order valence-corrected chi connectivity index (χ0v) is 12.6. The number of pyridine rings is 1. The van der Waals surface area contributed by atoms with Crippen LogP contribution < -0.4 is 4.90 Å². The normalized spacial score (nSPS) is 21.0. The van der Waals surface area contributed by atoms with Crippen LogP contribution in [-0.4, -0.2) is 65.1 Å². The highest BCUT2D eigenvalue weighted by Crippen LogP contribution is 2.20. The lowest BCUT2D eigenvalue weighted by Gasteiger charge is -2.48. The quantitative estimate of drug-likeness (QED) is 0.842. The van der Waals surface area contributed by atoms with Crippen molar-refractivity contribution in [3.63, 3.8) is 0 Å². The maximum absolute atomic E-state index is 5.30. The summed E-state index contributed by atoms with van der Waals surface area (Å²) in [6.45, 7) is 7.43. The highest BCUT2D eigenvalue weighted by molar-refractivity contribution is 5.38. The van der Waals surface area contributed by atoms with Gasteiger partial charge in [-0.1, -0.05) is 6.07 Å². The van der Waals surface area contributed by atoms with Gasteiger partial charge in [-0.15, -0.1) is 0 Å². The molecule has 2 aromatic rings. The Bertz CT molecular complexity index is 574. The summed E-state index contributed by atoms with van der Waals surface area (Å²) in [7, 11) is 0. The van der Waals surface area contributed by atoms with Gasteiger partial charge in [-0.3, -0.25) is 9.80 Å². The lowest BCUT2D eigenvalue weighted by molar-refractivity contribution is 0.0206. The Labute approximate surface area is 130 Å². The van der Waals surface area contributed by atoms with E-state index in [0.717, 1.165) is 57.5 Å². The summed E-state index contributed by atoms with van der Waals surface area (Å²) in [6.07, 6.45) is 5.22. The second kappa shape index (κ2) is 6.06. The first-order valence-corrected chi connectivity index (χ1v) is 7.89. The lowest BCUT2D eigenvalue weighted by Crippen LogP contribution is -2.62. The number of piperazine rings is 1. The van der Waals surface area contributed by atoms with Crippen LogP contribution >= 0.6 is 0 Å². The van der Waals surface area contributed by atoms with Gasteiger partial charge in [0.2, 0.25) is 5.89 Å². The molecule has 0 bridgehead atoms. The molecule has 4 heterocycles. The maximum atomic E-state index is 5.30. The van der Waals surface area contributed by atoms with Crippen molar-refractivity contribution >= 4 is 5.82 Å². The Morgan fingerprint density at radius 1 is 1.05 bits per heavy atom. The number of nitrogens with zero attached hydrogens (tertiary/aromatic N) is 5. The van der Waals surface area contributed by atoms with Crippen molar-refractivity contribution in [1.29, 1.82) is 0 Å². The van der Waals surface area contributed by atoms with Crippen molar-refractivity contribution in [1.82, 2.24) is 19.8 Å². The molecule has 22 heavy (non-hydrogen) atoms. The number of hydrogen-bond donors (Lipinski definition) is 0. The molecule has 2 aliphatic heterocycles. The fourth-order valence-corrected chi connectivity index (χ4v) is 3.28. The van der Waals surface area contributed by atoms with Gasteiger partial charge in [0, 0.05) is 51.5 Å². The van der Waals surface area contributed by atoms with Gasteiger partial charge in [0.1, 0.15) is 12.1 Å². The Hall–Kier alpha value is -1.92. The largest absolute Gasteiger partial charge is 0.448 e. The van der Waals surface area contributed by atoms with Gasteiger partial charge in [0.05, 0.1) is 12.7 Å². The molecule has 116 valence electrons. The van der Waals surface area contributed by atoms with Gasteiger partial charge in [-0.2, -0.15) is 0 Å². The van der Waals surface area contributed by atoms with Crippen LogP contribution in [0.5, 0.6) is 0 Å². The highest BCUT2D eigenvalue weighted by Gasteiger charge is 2.34. The summed E-state index contributed by atoms with van der Waals surface area (Å²) < 4.78 is 5.30. The third-order valence-corrected chi connectivity index (χ3v) is 4.58. The topological polar surface area (TPSA) is 48.6 Å². The molecular weight excluding hydrogens is 278 g/mol. The van der Waals surface area contributed by atoms with Crippen LogP contribution in [0.1, 0.15) is 5.89 Å². The number of rotatable bonds is 4. The van der Waals surface area contributed by atoms with E-state index in [4.69, 9.17) is 4.42 Å². The van der Waals surface area contributed by atoms with Crippen LogP contribution in [0.25, 0.3) is 0 Å². The van der Waals surface area contributed by atoms with Crippen molar-refractivity contribution in [2.45, 2.75) is 12.6 Å². The van der Waals surface area contributed by atoms with Gasteiger partial charge < -0.3 is 9.32 Å². The van der Waals surface area contributed by atoms with Crippen molar-refractivity contribution in [2.75, 3.05) is 44.2 Å². The molecule has 0 aromatic carbocycles. The van der Waals surface area contributed by atoms with E-state index < -0.39 is 0 Å². The first kappa shape index (κ1) is 13.7. The average molecular weight is 299 g/mol. The zero-order valence-electron chi connectivity index (χ0n) is 12.6. The van der Waals surface area contributed by atoms with Crippen LogP contribution in [0.2, 0.25) is 0 Å². The monoisotopic (exact) mass is 299 g/mol. The third kappa shape index (κ3) is 2.84. The van der Waals surface area contributed by atoms with E-state index in [1.54, 1.807) is 12.5 Å². The second-order valence-electron chi connectivity index (χ2n) is 5.98. The minimum atomic E-state index is 0.681. The Balaban J connectivity index is 1.24. The van der Waals surface area contributed by atoms with Gasteiger partial charge in [0.15, 0.2) is 0 Å². The summed E-state index contributed by atoms with van der Waals surface area (Å²) in [6, 6.07) is 6.80. The van der Waals surface area contributed by atoms with Crippen LogP contribution in [0.4, 0.5) is 5.82 Å². The zero-order chi connectivity index (χ0) is 14.8. The molecule has 2 saturated heterocycles. The van der Waals surface area contributed by atoms with Gasteiger partial charge in [0.25, 0.3) is 0 Å². The molecule has 6 nitrogen and oxygen atoms in total. The van der Waals surface area contributed by atoms with E-state index in [1.165, 1.54) is 0 Å². The van der Waals surface area contributed by atoms with Crippen LogP contribution in [0.3, 0.4) is 0 Å². The molecule has 0 saturated carbocycles. The standard InChI is InChI=1S/C16H21N5O/c1-2-4-17-15(3-1)21-8-6-20(7-9-21)14-11-19(12-14)13-16-18-5-10-22-16/h1-5,10,14H,6-9,11-13H2. The summed E-state index contributed by atoms with van der Waals surface area (Å²) in [4.78, 5) is 16.0. The average Bonchev–Trinajstić information content (AvgIpc) is 3.05. The molecule has 0 N–H and O–H groups in total. The van der Waals surface area contributed by atoms with Crippen molar-refractivity contribution in [3.05, 3.63) is 42.7 Å². The lowest BCUT2D eigenvalue weighted by atomic mass is 10.1. The van der Waals surface area contributed by atoms with Crippen molar-refractivity contribution in [2.24, 2.45) is 0 Å². The Morgan fingerprint density at radius 2 is 1.91 bits per heavy atom. The van der Waals surface area contributed by atoms with E-state index in [2.05, 4.69) is 36.8 Å². The smallest absolute Gasteiger partial charge is 0.208 e. The van der Waals surface area contributed by atoms with E-state index in [0.29, 0.717) is 6.04 Å². The summed E-state index contributed by atoms with van der Waals surface area (Å²) in [5.41, 5.74) is 0. The fourth-order valence-electron chi connectivity index (χ4n) is 3.28. The molecule has 0 spiro atoms. The van der Waals surface area contributed by atoms with Crippen LogP contribution in [-0.2, 0) is 6.54 Å². The molecule has 0 aliphatic carbocycles. The predicted molar refractivity (Wildman–Crippen MR) is 83.6 cm³/mol. The Kier molecular flexibility index (Phi) is 3.78. The molecule has 4 rings (SSSR count). The number of likely N-dealkylation sites (tertiary alicyclic amines) is 1. The molecule has 0 amide bonds. The van der Waals surface area contributed by atoms with Crippen LogP contribution in [0, 0.1) is 0 Å². The van der Waals surface area contributed by atoms with E-state index in [1.807, 2.05) is 12.3 Å². The van der Waals surface area contributed by atoms with Gasteiger partial charge >= 0.3 is 0 Å². The minimum absolute atomic E-state index is 0.681. The van der Waals surface area contributed by atoms with E-state index in [9.17, 15) is 0 Å². The molecule has 2 aromatic heterocycles. The molecule has 2 fully saturated rings. The van der Waals surface area contributed by atoms with E-state index >= 15 is 0 Å². The predicted octanol–water partition coefficient (Wildman–Crippen LogP) is 1.08. The first-order chi connectivity index (χ1) is 10.9. The molecule has 0 atom stereocenters. The van der Waals surface area contributed by atoms with Crippen LogP contribution in [0.15, 0.2) is 41.3 Å². The number of aromatic nitrogens is 2. The summed E-state index contributed by atoms with van der Waals surface area (Å²) in [5.74, 6) is 1.92. The second-order valence-corrected chi connectivity index (χ2v) is 5.98. The minimum Gasteiger partial charge on any atom is -0.448 e. The summed E-state index contributed by atoms with van der Waals surface area (Å²) in [5, 5.41) is 0. The van der Waals surface area contributed by atoms with E-state index in [-0.39, 0.29) is 0 Å². The summed E-state index contributed by atoms with van der Waals surface area (Å²) >= 11 is 0. The molecule has 0 radical (unpaired) electrons. The number of anilines is 1. The van der Waals surface area contributed by atoms with Crippen molar-refractivity contribution < 1.29 is 4.42 Å². The third-order valence-electron chi connectivity index (χ3n) is 4.58. The van der Waals surface area contributed by atoms with Gasteiger partial charge in [-0.25, -0.2) is 9.97 Å². The van der Waals surface area contributed by atoms with Gasteiger partial charge in [-0.05, 0) is 12.1 Å². The maximum Gasteiger partial charge on any atom is 0.208 e. The highest BCUT2D eigenvalue weighted by atomic mass is 16.3. The molecule has 2 aliphatic rings. The molecular formula is C16H21N5O. The molecule has 0 unspecified atom stereocenters. The fraction of sp³-hybridized carbons (Fsp3) is 0.500. The SMILES string of the molecule is c1ccc(N2CCN(C3CN(Cc4ncco4)C3)CC2)nc1. The number of oxazole rings is 1. The first-order valence-electron chi connectivity index (χ1n) is 7.89.